The minimum absolute atomic E-state index is 0.0978. The average Bonchev–Trinajstić information content (AvgIpc) is 2.80. The van der Waals surface area contributed by atoms with E-state index in [1.807, 2.05) is 26.0 Å². The molecule has 0 aliphatic carbocycles. The van der Waals surface area contributed by atoms with Gasteiger partial charge < -0.3 is 15.8 Å². The third kappa shape index (κ3) is 2.67. The maximum absolute atomic E-state index is 12.4. The third-order valence-electron chi connectivity index (χ3n) is 3.92. The Hall–Kier alpha value is -1.90. The summed E-state index contributed by atoms with van der Waals surface area (Å²) >= 11 is 0. The van der Waals surface area contributed by atoms with Crippen molar-refractivity contribution >= 4 is 5.91 Å². The van der Waals surface area contributed by atoms with Crippen LogP contribution in [0.1, 0.15) is 31.0 Å². The Morgan fingerprint density at radius 2 is 2.20 bits per heavy atom. The summed E-state index contributed by atoms with van der Waals surface area (Å²) in [6.45, 7) is 4.49. The number of nitriles is 1. The highest BCUT2D eigenvalue weighted by Crippen LogP contribution is 2.28. The fourth-order valence-corrected chi connectivity index (χ4v) is 2.21. The second-order valence-corrected chi connectivity index (χ2v) is 5.47. The highest BCUT2D eigenvalue weighted by Gasteiger charge is 2.44. The molecule has 20 heavy (non-hydrogen) atoms. The van der Waals surface area contributed by atoms with Crippen LogP contribution in [0.5, 0.6) is 0 Å². The summed E-state index contributed by atoms with van der Waals surface area (Å²) in [7, 11) is 0. The van der Waals surface area contributed by atoms with Crippen LogP contribution < -0.4 is 11.1 Å². The van der Waals surface area contributed by atoms with Gasteiger partial charge >= 0.3 is 0 Å². The van der Waals surface area contributed by atoms with E-state index >= 15 is 0 Å². The molecular formula is C15H19N3O2. The topological polar surface area (TPSA) is 88.1 Å². The summed E-state index contributed by atoms with van der Waals surface area (Å²) in [6, 6.07) is 8.82. The smallest absolute Gasteiger partial charge is 0.230 e. The Bertz CT molecular complexity index is 535. The zero-order valence-corrected chi connectivity index (χ0v) is 11.7. The number of nitrogens with two attached hydrogens (primary N) is 1. The molecule has 0 aromatic heterocycles. The number of nitrogens with one attached hydrogen (secondary N) is 1. The van der Waals surface area contributed by atoms with Gasteiger partial charge in [-0.1, -0.05) is 12.1 Å². The standard InChI is InChI=1S/C15H19N3O2/c1-10(12-5-3-11(7-16)4-6-12)18-14(19)15(2)9-20-8-13(15)17/h3-6,10,13H,8-9,17H2,1-2H3,(H,18,19). The second kappa shape index (κ2) is 5.61. The maximum atomic E-state index is 12.4. The van der Waals surface area contributed by atoms with Crippen LogP contribution in [0.25, 0.3) is 0 Å². The van der Waals surface area contributed by atoms with Gasteiger partial charge in [-0.05, 0) is 31.5 Å². The van der Waals surface area contributed by atoms with Crippen molar-refractivity contribution in [3.05, 3.63) is 35.4 Å². The van der Waals surface area contributed by atoms with E-state index in [2.05, 4.69) is 11.4 Å². The molecular weight excluding hydrogens is 254 g/mol. The van der Waals surface area contributed by atoms with Crippen molar-refractivity contribution in [1.29, 1.82) is 5.26 Å². The molecule has 3 unspecified atom stereocenters. The lowest BCUT2D eigenvalue weighted by Crippen LogP contribution is -2.50. The number of carbonyl (C=O) groups excluding carboxylic acids is 1. The van der Waals surface area contributed by atoms with E-state index in [1.54, 1.807) is 12.1 Å². The molecule has 2 rings (SSSR count). The number of hydrogen-bond acceptors (Lipinski definition) is 4. The van der Waals surface area contributed by atoms with Crippen LogP contribution in [0.15, 0.2) is 24.3 Å². The SMILES string of the molecule is CC(NC(=O)C1(C)COCC1N)c1ccc(C#N)cc1. The predicted molar refractivity (Wildman–Crippen MR) is 74.6 cm³/mol. The molecule has 106 valence electrons. The highest BCUT2D eigenvalue weighted by molar-refractivity contribution is 5.84. The normalized spacial score (nSPS) is 26.8. The molecule has 1 saturated heterocycles. The summed E-state index contributed by atoms with van der Waals surface area (Å²) in [4.78, 5) is 12.4. The van der Waals surface area contributed by atoms with Crippen LogP contribution in [0.2, 0.25) is 0 Å². The molecule has 5 heteroatoms. The van der Waals surface area contributed by atoms with Gasteiger partial charge in [0.15, 0.2) is 0 Å². The molecule has 1 aliphatic rings. The number of rotatable bonds is 3. The zero-order valence-electron chi connectivity index (χ0n) is 11.7. The van der Waals surface area contributed by atoms with E-state index in [0.29, 0.717) is 18.8 Å². The number of nitrogens with zero attached hydrogens (tertiary/aromatic N) is 1. The molecule has 1 fully saturated rings. The van der Waals surface area contributed by atoms with Crippen molar-refractivity contribution in [2.45, 2.75) is 25.9 Å². The van der Waals surface area contributed by atoms with Crippen LogP contribution in [-0.2, 0) is 9.53 Å². The van der Waals surface area contributed by atoms with E-state index in [4.69, 9.17) is 15.7 Å². The van der Waals surface area contributed by atoms with Crippen molar-refractivity contribution in [3.63, 3.8) is 0 Å². The van der Waals surface area contributed by atoms with Crippen LogP contribution in [-0.4, -0.2) is 25.2 Å². The first-order chi connectivity index (χ1) is 9.47. The first kappa shape index (κ1) is 14.5. The van der Waals surface area contributed by atoms with Gasteiger partial charge in [0.25, 0.3) is 0 Å². The third-order valence-corrected chi connectivity index (χ3v) is 3.92. The molecule has 0 spiro atoms. The number of amides is 1. The molecule has 0 radical (unpaired) electrons. The van der Waals surface area contributed by atoms with Gasteiger partial charge in [-0.3, -0.25) is 4.79 Å². The molecule has 1 aliphatic heterocycles. The Balaban J connectivity index is 2.05. The highest BCUT2D eigenvalue weighted by atomic mass is 16.5. The number of benzene rings is 1. The maximum Gasteiger partial charge on any atom is 0.230 e. The summed E-state index contributed by atoms with van der Waals surface area (Å²) in [5.74, 6) is -0.0978. The number of ether oxygens (including phenoxy) is 1. The fraction of sp³-hybridized carbons (Fsp3) is 0.467. The van der Waals surface area contributed by atoms with Crippen molar-refractivity contribution < 1.29 is 9.53 Å². The summed E-state index contributed by atoms with van der Waals surface area (Å²) in [5.41, 5.74) is 6.82. The van der Waals surface area contributed by atoms with Gasteiger partial charge in [-0.2, -0.15) is 5.26 Å². The first-order valence-corrected chi connectivity index (χ1v) is 6.61. The van der Waals surface area contributed by atoms with Gasteiger partial charge in [0, 0.05) is 6.04 Å². The summed E-state index contributed by atoms with van der Waals surface area (Å²) in [6.07, 6.45) is 0. The van der Waals surface area contributed by atoms with E-state index < -0.39 is 5.41 Å². The average molecular weight is 273 g/mol. The second-order valence-electron chi connectivity index (χ2n) is 5.47. The van der Waals surface area contributed by atoms with Crippen molar-refractivity contribution in [3.8, 4) is 6.07 Å². The van der Waals surface area contributed by atoms with Gasteiger partial charge in [0.05, 0.1) is 36.3 Å². The summed E-state index contributed by atoms with van der Waals surface area (Å²) in [5, 5.41) is 11.7. The van der Waals surface area contributed by atoms with Crippen molar-refractivity contribution in [2.24, 2.45) is 11.1 Å². The Labute approximate surface area is 118 Å². The minimum Gasteiger partial charge on any atom is -0.379 e. The van der Waals surface area contributed by atoms with Gasteiger partial charge in [-0.25, -0.2) is 0 Å². The van der Waals surface area contributed by atoms with Gasteiger partial charge in [0.1, 0.15) is 0 Å². The van der Waals surface area contributed by atoms with E-state index in [1.165, 1.54) is 0 Å². The molecule has 1 amide bonds. The lowest BCUT2D eigenvalue weighted by Gasteiger charge is -2.27. The molecule has 1 heterocycles. The molecule has 0 bridgehead atoms. The summed E-state index contributed by atoms with van der Waals surface area (Å²) < 4.78 is 5.29. The Kier molecular flexibility index (Phi) is 4.07. The lowest BCUT2D eigenvalue weighted by molar-refractivity contribution is -0.131. The molecule has 1 aromatic rings. The largest absolute Gasteiger partial charge is 0.379 e. The van der Waals surface area contributed by atoms with Crippen molar-refractivity contribution in [2.75, 3.05) is 13.2 Å². The monoisotopic (exact) mass is 273 g/mol. The Morgan fingerprint density at radius 3 is 2.70 bits per heavy atom. The zero-order chi connectivity index (χ0) is 14.8. The van der Waals surface area contributed by atoms with Crippen LogP contribution in [0.4, 0.5) is 0 Å². The lowest BCUT2D eigenvalue weighted by atomic mass is 9.84. The molecule has 5 nitrogen and oxygen atoms in total. The van der Waals surface area contributed by atoms with E-state index in [0.717, 1.165) is 5.56 Å². The molecule has 3 N–H and O–H groups in total. The van der Waals surface area contributed by atoms with Crippen molar-refractivity contribution in [1.82, 2.24) is 5.32 Å². The van der Waals surface area contributed by atoms with Gasteiger partial charge in [0.2, 0.25) is 5.91 Å². The van der Waals surface area contributed by atoms with Crippen LogP contribution in [0.3, 0.4) is 0 Å². The molecule has 3 atom stereocenters. The molecule has 0 saturated carbocycles. The number of hydrogen-bond donors (Lipinski definition) is 2. The predicted octanol–water partition coefficient (Wildman–Crippen LogP) is 1.10. The van der Waals surface area contributed by atoms with E-state index in [-0.39, 0.29) is 18.0 Å². The van der Waals surface area contributed by atoms with E-state index in [9.17, 15) is 4.79 Å². The number of carbonyl (C=O) groups is 1. The quantitative estimate of drug-likeness (QED) is 0.863. The van der Waals surface area contributed by atoms with Crippen LogP contribution in [0, 0.1) is 16.7 Å². The minimum atomic E-state index is -0.680. The van der Waals surface area contributed by atoms with Crippen LogP contribution >= 0.6 is 0 Å². The Morgan fingerprint density at radius 1 is 1.55 bits per heavy atom. The molecule has 1 aromatic carbocycles. The van der Waals surface area contributed by atoms with Gasteiger partial charge in [-0.15, -0.1) is 0 Å². The fourth-order valence-electron chi connectivity index (χ4n) is 2.21. The first-order valence-electron chi connectivity index (χ1n) is 6.61.